The van der Waals surface area contributed by atoms with Gasteiger partial charge in [0, 0.05) is 23.1 Å². The maximum absolute atomic E-state index is 12.4. The van der Waals surface area contributed by atoms with Crippen LogP contribution in [0.4, 0.5) is 0 Å². The van der Waals surface area contributed by atoms with Crippen molar-refractivity contribution in [3.63, 3.8) is 0 Å². The van der Waals surface area contributed by atoms with E-state index in [0.717, 1.165) is 16.8 Å². The second kappa shape index (κ2) is 6.42. The highest BCUT2D eigenvalue weighted by atomic mass is 32.2. The van der Waals surface area contributed by atoms with Gasteiger partial charge in [0.1, 0.15) is 0 Å². The van der Waals surface area contributed by atoms with E-state index in [0.29, 0.717) is 17.9 Å². The van der Waals surface area contributed by atoms with Gasteiger partial charge in [-0.1, -0.05) is 29.3 Å². The van der Waals surface area contributed by atoms with Crippen molar-refractivity contribution in [2.45, 2.75) is 32.1 Å². The van der Waals surface area contributed by atoms with Crippen LogP contribution in [0.25, 0.3) is 10.9 Å². The molecule has 2 aromatic carbocycles. The Labute approximate surface area is 143 Å². The Hall–Kier alpha value is -2.11. The molecule has 0 bridgehead atoms. The summed E-state index contributed by atoms with van der Waals surface area (Å²) in [5.41, 5.74) is 5.58. The van der Waals surface area contributed by atoms with Crippen molar-refractivity contribution in [2.75, 3.05) is 6.54 Å². The lowest BCUT2D eigenvalue weighted by atomic mass is 10.1. The summed E-state index contributed by atoms with van der Waals surface area (Å²) in [5, 5.41) is 1.17. The molecule has 1 heterocycles. The molecule has 3 aromatic rings. The van der Waals surface area contributed by atoms with Crippen molar-refractivity contribution in [3.05, 3.63) is 64.8 Å². The van der Waals surface area contributed by atoms with Crippen LogP contribution >= 0.6 is 0 Å². The van der Waals surface area contributed by atoms with E-state index in [1.54, 1.807) is 24.3 Å². The highest BCUT2D eigenvalue weighted by Crippen LogP contribution is 2.23. The lowest BCUT2D eigenvalue weighted by Crippen LogP contribution is -2.26. The smallest absolute Gasteiger partial charge is 0.240 e. The molecule has 0 amide bonds. The molecular weight excluding hydrogens is 320 g/mol. The van der Waals surface area contributed by atoms with Gasteiger partial charge in [-0.15, -0.1) is 0 Å². The first-order valence-corrected chi connectivity index (χ1v) is 9.49. The van der Waals surface area contributed by atoms with Crippen LogP contribution in [0.15, 0.2) is 47.4 Å². The third kappa shape index (κ3) is 3.37. The number of H-pyrrole nitrogens is 1. The zero-order valence-electron chi connectivity index (χ0n) is 14.2. The third-order valence-corrected chi connectivity index (χ3v) is 5.75. The molecule has 0 saturated heterocycles. The quantitative estimate of drug-likeness (QED) is 0.744. The number of fused-ring (bicyclic) bond motifs is 1. The molecule has 126 valence electrons. The van der Waals surface area contributed by atoms with E-state index in [1.165, 1.54) is 16.5 Å². The second-order valence-electron chi connectivity index (χ2n) is 6.24. The molecule has 0 unspecified atom stereocenters. The Kier molecular flexibility index (Phi) is 4.47. The van der Waals surface area contributed by atoms with Crippen molar-refractivity contribution in [1.82, 2.24) is 9.71 Å². The fourth-order valence-corrected chi connectivity index (χ4v) is 3.96. The molecule has 5 heteroatoms. The minimum absolute atomic E-state index is 0.305. The lowest BCUT2D eigenvalue weighted by Gasteiger charge is -2.07. The summed E-state index contributed by atoms with van der Waals surface area (Å²) in [6.45, 7) is 6.40. The largest absolute Gasteiger partial charge is 0.358 e. The SMILES string of the molecule is Cc1ccc(S(=O)(=O)NCCc2c(C)[nH]c3ccc(C)cc23)cc1. The fourth-order valence-electron chi connectivity index (χ4n) is 2.93. The van der Waals surface area contributed by atoms with Crippen LogP contribution in [0.1, 0.15) is 22.4 Å². The minimum Gasteiger partial charge on any atom is -0.358 e. The summed E-state index contributed by atoms with van der Waals surface area (Å²) in [4.78, 5) is 3.67. The van der Waals surface area contributed by atoms with E-state index in [1.807, 2.05) is 13.8 Å². The van der Waals surface area contributed by atoms with Crippen LogP contribution in [-0.2, 0) is 16.4 Å². The van der Waals surface area contributed by atoms with Gasteiger partial charge in [0.05, 0.1) is 4.90 Å². The van der Waals surface area contributed by atoms with E-state index in [-0.39, 0.29) is 0 Å². The number of aromatic nitrogens is 1. The molecule has 0 aliphatic heterocycles. The zero-order chi connectivity index (χ0) is 17.3. The number of benzene rings is 2. The average molecular weight is 342 g/mol. The summed E-state index contributed by atoms with van der Waals surface area (Å²) in [7, 11) is -3.46. The lowest BCUT2D eigenvalue weighted by molar-refractivity contribution is 0.581. The normalized spacial score (nSPS) is 12.0. The molecule has 0 atom stereocenters. The van der Waals surface area contributed by atoms with Crippen LogP contribution in [0, 0.1) is 20.8 Å². The number of rotatable bonds is 5. The molecule has 0 spiro atoms. The van der Waals surface area contributed by atoms with E-state index >= 15 is 0 Å². The Bertz CT molecular complexity index is 971. The Morgan fingerprint density at radius 2 is 1.62 bits per heavy atom. The topological polar surface area (TPSA) is 62.0 Å². The third-order valence-electron chi connectivity index (χ3n) is 4.27. The van der Waals surface area contributed by atoms with Gasteiger partial charge in [0.2, 0.25) is 10.0 Å². The number of hydrogen-bond donors (Lipinski definition) is 2. The Morgan fingerprint density at radius 1 is 0.958 bits per heavy atom. The molecule has 0 saturated carbocycles. The van der Waals surface area contributed by atoms with Crippen molar-refractivity contribution < 1.29 is 8.42 Å². The van der Waals surface area contributed by atoms with Crippen molar-refractivity contribution in [1.29, 1.82) is 0 Å². The van der Waals surface area contributed by atoms with Crippen LogP contribution in [0.2, 0.25) is 0 Å². The van der Waals surface area contributed by atoms with Gasteiger partial charge in [-0.3, -0.25) is 0 Å². The number of hydrogen-bond acceptors (Lipinski definition) is 2. The highest BCUT2D eigenvalue weighted by molar-refractivity contribution is 7.89. The van der Waals surface area contributed by atoms with E-state index in [2.05, 4.69) is 34.8 Å². The first kappa shape index (κ1) is 16.7. The summed E-state index contributed by atoms with van der Waals surface area (Å²) in [6.07, 6.45) is 0.653. The predicted molar refractivity (Wildman–Crippen MR) is 97.8 cm³/mol. The summed E-state index contributed by atoms with van der Waals surface area (Å²) in [6, 6.07) is 13.2. The van der Waals surface area contributed by atoms with Crippen molar-refractivity contribution in [2.24, 2.45) is 0 Å². The number of sulfonamides is 1. The van der Waals surface area contributed by atoms with Gasteiger partial charge in [-0.05, 0) is 57.0 Å². The maximum Gasteiger partial charge on any atom is 0.240 e. The van der Waals surface area contributed by atoms with Crippen LogP contribution < -0.4 is 4.72 Å². The summed E-state index contributed by atoms with van der Waals surface area (Å²) in [5.74, 6) is 0. The van der Waals surface area contributed by atoms with Gasteiger partial charge in [-0.2, -0.15) is 0 Å². The number of nitrogens with one attached hydrogen (secondary N) is 2. The molecule has 4 nitrogen and oxygen atoms in total. The van der Waals surface area contributed by atoms with E-state index in [4.69, 9.17) is 0 Å². The number of aryl methyl sites for hydroxylation is 3. The second-order valence-corrected chi connectivity index (χ2v) is 8.01. The van der Waals surface area contributed by atoms with Gasteiger partial charge in [0.15, 0.2) is 0 Å². The molecule has 2 N–H and O–H groups in total. The predicted octanol–water partition coefficient (Wildman–Crippen LogP) is 3.61. The Balaban J connectivity index is 1.76. The summed E-state index contributed by atoms with van der Waals surface area (Å²) >= 11 is 0. The monoisotopic (exact) mass is 342 g/mol. The van der Waals surface area contributed by atoms with Gasteiger partial charge < -0.3 is 4.98 Å². The molecule has 3 rings (SSSR count). The van der Waals surface area contributed by atoms with Crippen molar-refractivity contribution >= 4 is 20.9 Å². The molecule has 24 heavy (non-hydrogen) atoms. The summed E-state index contributed by atoms with van der Waals surface area (Å²) < 4.78 is 27.4. The molecular formula is C19H22N2O2S. The maximum atomic E-state index is 12.4. The molecule has 0 aliphatic rings. The standard InChI is InChI=1S/C19H22N2O2S/c1-13-4-7-16(8-5-13)24(22,23)20-11-10-17-15(3)21-19-9-6-14(2)12-18(17)19/h4-9,12,20-21H,10-11H2,1-3H3. The van der Waals surface area contributed by atoms with Crippen LogP contribution in [-0.4, -0.2) is 19.9 Å². The first-order chi connectivity index (χ1) is 11.4. The van der Waals surface area contributed by atoms with Crippen molar-refractivity contribution in [3.8, 4) is 0 Å². The highest BCUT2D eigenvalue weighted by Gasteiger charge is 2.14. The van der Waals surface area contributed by atoms with Gasteiger partial charge in [0.25, 0.3) is 0 Å². The first-order valence-electron chi connectivity index (χ1n) is 8.01. The van der Waals surface area contributed by atoms with Crippen LogP contribution in [0.5, 0.6) is 0 Å². The zero-order valence-corrected chi connectivity index (χ0v) is 15.0. The minimum atomic E-state index is -3.46. The van der Waals surface area contributed by atoms with Gasteiger partial charge >= 0.3 is 0 Å². The number of aromatic amines is 1. The van der Waals surface area contributed by atoms with Crippen LogP contribution in [0.3, 0.4) is 0 Å². The molecule has 0 fully saturated rings. The average Bonchev–Trinajstić information content (AvgIpc) is 2.83. The molecule has 1 aromatic heterocycles. The Morgan fingerprint density at radius 3 is 2.33 bits per heavy atom. The van der Waals surface area contributed by atoms with E-state index in [9.17, 15) is 8.42 Å². The molecule has 0 aliphatic carbocycles. The fraction of sp³-hybridized carbons (Fsp3) is 0.263. The van der Waals surface area contributed by atoms with E-state index < -0.39 is 10.0 Å². The molecule has 0 radical (unpaired) electrons. The van der Waals surface area contributed by atoms with Gasteiger partial charge in [-0.25, -0.2) is 13.1 Å².